The summed E-state index contributed by atoms with van der Waals surface area (Å²) >= 11 is 0. The van der Waals surface area contributed by atoms with Gasteiger partial charge in [0, 0.05) is 32.7 Å². The molecule has 9 heteroatoms. The number of rotatable bonds is 5. The van der Waals surface area contributed by atoms with Crippen molar-refractivity contribution in [2.75, 3.05) is 26.2 Å². The van der Waals surface area contributed by atoms with Crippen molar-refractivity contribution in [2.45, 2.75) is 20.0 Å². The molecule has 0 radical (unpaired) electrons. The second-order valence-electron chi connectivity index (χ2n) is 6.32. The van der Waals surface area contributed by atoms with Gasteiger partial charge in [0.1, 0.15) is 24.3 Å². The lowest BCUT2D eigenvalue weighted by Crippen LogP contribution is -2.49. The van der Waals surface area contributed by atoms with Crippen LogP contribution in [-0.2, 0) is 17.9 Å². The summed E-state index contributed by atoms with van der Waals surface area (Å²) < 4.78 is 14.6. The van der Waals surface area contributed by atoms with Crippen molar-refractivity contribution in [2.24, 2.45) is 0 Å². The smallest absolute Gasteiger partial charge is 0.309 e. The molecule has 0 atom stereocenters. The first-order valence-electron chi connectivity index (χ1n) is 8.35. The third kappa shape index (κ3) is 4.05. The maximum absolute atomic E-state index is 13.3. The van der Waals surface area contributed by atoms with E-state index in [9.17, 15) is 19.3 Å². The fourth-order valence-corrected chi connectivity index (χ4v) is 3.05. The summed E-state index contributed by atoms with van der Waals surface area (Å²) in [5.41, 5.74) is 1.19. The van der Waals surface area contributed by atoms with Crippen LogP contribution in [0.2, 0.25) is 0 Å². The second-order valence-corrected chi connectivity index (χ2v) is 6.32. The molecule has 1 aliphatic rings. The third-order valence-corrected chi connectivity index (χ3v) is 4.58. The van der Waals surface area contributed by atoms with Crippen LogP contribution in [0.5, 0.6) is 0 Å². The fourth-order valence-electron chi connectivity index (χ4n) is 3.05. The van der Waals surface area contributed by atoms with Gasteiger partial charge >= 0.3 is 5.69 Å². The molecule has 1 fully saturated rings. The Morgan fingerprint density at radius 2 is 2.04 bits per heavy atom. The molecule has 2 heterocycles. The molecule has 2 aromatic rings. The van der Waals surface area contributed by atoms with Crippen LogP contribution in [0.1, 0.15) is 11.3 Å². The van der Waals surface area contributed by atoms with Crippen LogP contribution in [0.15, 0.2) is 30.5 Å². The highest BCUT2D eigenvalue weighted by molar-refractivity contribution is 5.76. The predicted octanol–water partition coefficient (Wildman–Crippen LogP) is 1.58. The zero-order valence-corrected chi connectivity index (χ0v) is 14.5. The largest absolute Gasteiger partial charge is 0.339 e. The maximum Gasteiger partial charge on any atom is 0.309 e. The SMILES string of the molecule is Cc1c([N+](=O)[O-])cnn1CC(=O)N1CCN(Cc2cccc(F)c2)CC1. The van der Waals surface area contributed by atoms with Gasteiger partial charge in [-0.05, 0) is 24.6 Å². The number of nitrogens with zero attached hydrogens (tertiary/aromatic N) is 5. The van der Waals surface area contributed by atoms with E-state index < -0.39 is 4.92 Å². The number of aromatic nitrogens is 2. The number of benzene rings is 1. The van der Waals surface area contributed by atoms with Crippen molar-refractivity contribution in [3.05, 3.63) is 57.7 Å². The molecule has 0 bridgehead atoms. The van der Waals surface area contributed by atoms with Crippen molar-refractivity contribution in [3.63, 3.8) is 0 Å². The Hall–Kier alpha value is -2.81. The van der Waals surface area contributed by atoms with Gasteiger partial charge in [-0.15, -0.1) is 0 Å². The zero-order valence-electron chi connectivity index (χ0n) is 14.5. The normalized spacial score (nSPS) is 15.2. The number of piperazine rings is 1. The van der Waals surface area contributed by atoms with Gasteiger partial charge in [-0.3, -0.25) is 24.5 Å². The number of amides is 1. The Kier molecular flexibility index (Phi) is 5.27. The van der Waals surface area contributed by atoms with E-state index in [1.807, 2.05) is 6.07 Å². The van der Waals surface area contributed by atoms with E-state index in [1.165, 1.54) is 23.0 Å². The molecule has 1 amide bonds. The standard InChI is InChI=1S/C17H20FN5O3/c1-13-16(23(25)26)10-19-22(13)12-17(24)21-7-5-20(6-8-21)11-14-3-2-4-15(18)9-14/h2-4,9-10H,5-8,11-12H2,1H3. The molecule has 0 N–H and O–H groups in total. The van der Waals surface area contributed by atoms with E-state index in [-0.39, 0.29) is 24.0 Å². The maximum atomic E-state index is 13.3. The molecule has 8 nitrogen and oxygen atoms in total. The lowest BCUT2D eigenvalue weighted by Gasteiger charge is -2.34. The number of hydrogen-bond donors (Lipinski definition) is 0. The minimum atomic E-state index is -0.505. The van der Waals surface area contributed by atoms with Crippen LogP contribution in [0.3, 0.4) is 0 Å². The Morgan fingerprint density at radius 3 is 2.65 bits per heavy atom. The second kappa shape index (κ2) is 7.61. The van der Waals surface area contributed by atoms with Crippen LogP contribution in [0.25, 0.3) is 0 Å². The summed E-state index contributed by atoms with van der Waals surface area (Å²) in [7, 11) is 0. The Bertz CT molecular complexity index is 814. The van der Waals surface area contributed by atoms with E-state index in [0.29, 0.717) is 38.4 Å². The number of nitro groups is 1. The Morgan fingerprint density at radius 1 is 1.31 bits per heavy atom. The van der Waals surface area contributed by atoms with Crippen molar-refractivity contribution >= 4 is 11.6 Å². The molecule has 3 rings (SSSR count). The van der Waals surface area contributed by atoms with Crippen molar-refractivity contribution in [1.29, 1.82) is 0 Å². The topological polar surface area (TPSA) is 84.5 Å². The minimum absolute atomic E-state index is 0.0103. The molecular formula is C17H20FN5O3. The molecule has 1 aromatic heterocycles. The molecule has 26 heavy (non-hydrogen) atoms. The summed E-state index contributed by atoms with van der Waals surface area (Å²) in [5.74, 6) is -0.364. The van der Waals surface area contributed by atoms with Gasteiger partial charge in [0.2, 0.25) is 5.91 Å². The average molecular weight is 361 g/mol. The summed E-state index contributed by atoms with van der Waals surface area (Å²) in [4.78, 5) is 26.7. The Labute approximate surface area is 150 Å². The fraction of sp³-hybridized carbons (Fsp3) is 0.412. The molecule has 1 aliphatic heterocycles. The summed E-state index contributed by atoms with van der Waals surface area (Å²) in [5, 5.41) is 14.8. The van der Waals surface area contributed by atoms with E-state index in [0.717, 1.165) is 5.56 Å². The average Bonchev–Trinajstić information content (AvgIpc) is 2.96. The molecule has 0 spiro atoms. The summed E-state index contributed by atoms with van der Waals surface area (Å²) in [6, 6.07) is 6.51. The lowest BCUT2D eigenvalue weighted by molar-refractivity contribution is -0.385. The van der Waals surface area contributed by atoms with Crippen molar-refractivity contribution < 1.29 is 14.1 Å². The van der Waals surface area contributed by atoms with Gasteiger partial charge in [-0.1, -0.05) is 12.1 Å². The van der Waals surface area contributed by atoms with Crippen molar-refractivity contribution in [1.82, 2.24) is 19.6 Å². The van der Waals surface area contributed by atoms with E-state index in [1.54, 1.807) is 17.9 Å². The number of carbonyl (C=O) groups excluding carboxylic acids is 1. The Balaban J connectivity index is 1.53. The van der Waals surface area contributed by atoms with Gasteiger partial charge in [0.05, 0.1) is 4.92 Å². The quantitative estimate of drug-likeness (QED) is 0.596. The van der Waals surface area contributed by atoms with Crippen LogP contribution in [0.4, 0.5) is 10.1 Å². The third-order valence-electron chi connectivity index (χ3n) is 4.58. The van der Waals surface area contributed by atoms with Gasteiger partial charge in [-0.25, -0.2) is 4.39 Å². The highest BCUT2D eigenvalue weighted by Crippen LogP contribution is 2.16. The number of hydrogen-bond acceptors (Lipinski definition) is 5. The summed E-state index contributed by atoms with van der Waals surface area (Å²) in [6.45, 7) is 4.73. The zero-order chi connectivity index (χ0) is 18.7. The van der Waals surface area contributed by atoms with Gasteiger partial charge in [0.15, 0.2) is 0 Å². The van der Waals surface area contributed by atoms with Crippen LogP contribution >= 0.6 is 0 Å². The number of carbonyl (C=O) groups is 1. The minimum Gasteiger partial charge on any atom is -0.339 e. The van der Waals surface area contributed by atoms with E-state index >= 15 is 0 Å². The van der Waals surface area contributed by atoms with Gasteiger partial charge in [-0.2, -0.15) is 5.10 Å². The van der Waals surface area contributed by atoms with Crippen molar-refractivity contribution in [3.8, 4) is 0 Å². The highest BCUT2D eigenvalue weighted by Gasteiger charge is 2.24. The van der Waals surface area contributed by atoms with Crippen LogP contribution < -0.4 is 0 Å². The van der Waals surface area contributed by atoms with E-state index in [4.69, 9.17) is 0 Å². The van der Waals surface area contributed by atoms with E-state index in [2.05, 4.69) is 10.00 Å². The molecule has 1 saturated heterocycles. The first-order valence-corrected chi connectivity index (χ1v) is 8.35. The molecule has 0 saturated carbocycles. The number of halogens is 1. The predicted molar refractivity (Wildman–Crippen MR) is 91.9 cm³/mol. The van der Waals surface area contributed by atoms with Crippen LogP contribution in [-0.4, -0.2) is 56.6 Å². The monoisotopic (exact) mass is 361 g/mol. The molecule has 1 aromatic carbocycles. The van der Waals surface area contributed by atoms with Gasteiger partial charge in [0.25, 0.3) is 0 Å². The molecule has 138 valence electrons. The molecule has 0 aliphatic carbocycles. The first kappa shape index (κ1) is 18.0. The van der Waals surface area contributed by atoms with Crippen LogP contribution in [0, 0.1) is 22.9 Å². The molecular weight excluding hydrogens is 341 g/mol. The highest BCUT2D eigenvalue weighted by atomic mass is 19.1. The summed E-state index contributed by atoms with van der Waals surface area (Å²) in [6.07, 6.45) is 1.17. The lowest BCUT2D eigenvalue weighted by atomic mass is 10.2. The van der Waals surface area contributed by atoms with Gasteiger partial charge < -0.3 is 4.90 Å². The first-order chi connectivity index (χ1) is 12.4. The molecule has 0 unspecified atom stereocenters.